The third kappa shape index (κ3) is 2.43. The summed E-state index contributed by atoms with van der Waals surface area (Å²) in [4.78, 5) is 20.2. The SMILES string of the molecule is Nc1nc2ccc(C(=O)Nc3cccnc3Cl)cc2s1. The van der Waals surface area contributed by atoms with E-state index in [2.05, 4.69) is 15.3 Å². The third-order valence-corrected chi connectivity index (χ3v) is 3.82. The van der Waals surface area contributed by atoms with Crippen LogP contribution < -0.4 is 11.1 Å². The molecule has 0 fully saturated rings. The minimum absolute atomic E-state index is 0.254. The van der Waals surface area contributed by atoms with Gasteiger partial charge in [-0.2, -0.15) is 0 Å². The lowest BCUT2D eigenvalue weighted by Gasteiger charge is -2.06. The number of fused-ring (bicyclic) bond motifs is 1. The molecule has 0 spiro atoms. The van der Waals surface area contributed by atoms with Crippen molar-refractivity contribution in [2.24, 2.45) is 0 Å². The number of nitrogen functional groups attached to an aromatic ring is 1. The van der Waals surface area contributed by atoms with E-state index in [1.54, 1.807) is 36.5 Å². The fraction of sp³-hybridized carbons (Fsp3) is 0. The molecule has 0 bridgehead atoms. The molecule has 5 nitrogen and oxygen atoms in total. The van der Waals surface area contributed by atoms with Gasteiger partial charge in [0.15, 0.2) is 10.3 Å². The Hall–Kier alpha value is -2.18. The van der Waals surface area contributed by atoms with Crippen LogP contribution >= 0.6 is 22.9 Å². The molecule has 7 heteroatoms. The zero-order valence-corrected chi connectivity index (χ0v) is 11.7. The smallest absolute Gasteiger partial charge is 0.255 e. The molecule has 100 valence electrons. The Bertz CT molecular complexity index is 802. The van der Waals surface area contributed by atoms with Gasteiger partial charge in [0, 0.05) is 11.8 Å². The number of rotatable bonds is 2. The topological polar surface area (TPSA) is 80.9 Å². The van der Waals surface area contributed by atoms with Crippen molar-refractivity contribution in [3.63, 3.8) is 0 Å². The van der Waals surface area contributed by atoms with E-state index in [1.165, 1.54) is 11.3 Å². The van der Waals surface area contributed by atoms with Gasteiger partial charge in [0.25, 0.3) is 5.91 Å². The number of pyridine rings is 1. The molecular formula is C13H9ClN4OS. The zero-order valence-electron chi connectivity index (χ0n) is 10.1. The van der Waals surface area contributed by atoms with Crippen molar-refractivity contribution < 1.29 is 4.79 Å². The zero-order chi connectivity index (χ0) is 14.1. The third-order valence-electron chi connectivity index (χ3n) is 2.67. The van der Waals surface area contributed by atoms with Crippen molar-refractivity contribution in [3.05, 3.63) is 47.2 Å². The highest BCUT2D eigenvalue weighted by Gasteiger charge is 2.10. The molecule has 0 unspecified atom stereocenters. The lowest BCUT2D eigenvalue weighted by molar-refractivity contribution is 0.102. The van der Waals surface area contributed by atoms with Crippen molar-refractivity contribution in [1.82, 2.24) is 9.97 Å². The maximum atomic E-state index is 12.2. The summed E-state index contributed by atoms with van der Waals surface area (Å²) in [5.41, 5.74) is 7.41. The fourth-order valence-electron chi connectivity index (χ4n) is 1.76. The van der Waals surface area contributed by atoms with E-state index >= 15 is 0 Å². The minimum atomic E-state index is -0.256. The van der Waals surface area contributed by atoms with Crippen LogP contribution in [-0.2, 0) is 0 Å². The summed E-state index contributed by atoms with van der Waals surface area (Å²) in [7, 11) is 0. The Labute approximate surface area is 123 Å². The van der Waals surface area contributed by atoms with E-state index in [0.29, 0.717) is 16.4 Å². The Morgan fingerprint density at radius 1 is 1.35 bits per heavy atom. The van der Waals surface area contributed by atoms with E-state index in [1.807, 2.05) is 0 Å². The van der Waals surface area contributed by atoms with Crippen LogP contribution in [0.15, 0.2) is 36.5 Å². The number of nitrogens with two attached hydrogens (primary N) is 1. The summed E-state index contributed by atoms with van der Waals surface area (Å²) < 4.78 is 0.868. The first-order valence-electron chi connectivity index (χ1n) is 5.71. The Morgan fingerprint density at radius 3 is 3.00 bits per heavy atom. The predicted octanol–water partition coefficient (Wildman–Crippen LogP) is 3.18. The van der Waals surface area contributed by atoms with Crippen LogP contribution in [0.1, 0.15) is 10.4 Å². The summed E-state index contributed by atoms with van der Waals surface area (Å²) in [5.74, 6) is -0.256. The number of nitrogens with one attached hydrogen (secondary N) is 1. The van der Waals surface area contributed by atoms with Crippen LogP contribution in [0, 0.1) is 0 Å². The number of halogens is 1. The van der Waals surface area contributed by atoms with Gasteiger partial charge in [-0.1, -0.05) is 22.9 Å². The highest BCUT2D eigenvalue weighted by molar-refractivity contribution is 7.22. The molecule has 0 aliphatic carbocycles. The molecule has 3 N–H and O–H groups in total. The van der Waals surface area contributed by atoms with Crippen molar-refractivity contribution >= 4 is 49.9 Å². The lowest BCUT2D eigenvalue weighted by atomic mass is 10.2. The summed E-state index contributed by atoms with van der Waals surface area (Å²) in [6.45, 7) is 0. The van der Waals surface area contributed by atoms with Crippen LogP contribution in [0.5, 0.6) is 0 Å². The number of thiazole rings is 1. The second-order valence-corrected chi connectivity index (χ2v) is 5.45. The average molecular weight is 305 g/mol. The van der Waals surface area contributed by atoms with Crippen molar-refractivity contribution in [3.8, 4) is 0 Å². The maximum Gasteiger partial charge on any atom is 0.255 e. The molecule has 3 rings (SSSR count). The van der Waals surface area contributed by atoms with E-state index < -0.39 is 0 Å². The van der Waals surface area contributed by atoms with E-state index in [9.17, 15) is 4.79 Å². The predicted molar refractivity (Wildman–Crippen MR) is 81.2 cm³/mol. The molecule has 0 atom stereocenters. The summed E-state index contributed by atoms with van der Waals surface area (Å²) >= 11 is 7.25. The van der Waals surface area contributed by atoms with Gasteiger partial charge in [-0.05, 0) is 30.3 Å². The molecule has 1 aromatic carbocycles. The molecule has 3 aromatic rings. The maximum absolute atomic E-state index is 12.2. The Morgan fingerprint density at radius 2 is 2.20 bits per heavy atom. The first kappa shape index (κ1) is 12.8. The van der Waals surface area contributed by atoms with Gasteiger partial charge in [0.05, 0.1) is 15.9 Å². The molecule has 0 saturated heterocycles. The molecule has 1 amide bonds. The first-order chi connectivity index (χ1) is 9.63. The largest absolute Gasteiger partial charge is 0.375 e. The second kappa shape index (κ2) is 5.07. The van der Waals surface area contributed by atoms with Crippen molar-refractivity contribution in [2.45, 2.75) is 0 Å². The molecule has 2 aromatic heterocycles. The lowest BCUT2D eigenvalue weighted by Crippen LogP contribution is -2.12. The minimum Gasteiger partial charge on any atom is -0.375 e. The quantitative estimate of drug-likeness (QED) is 0.712. The number of hydrogen-bond acceptors (Lipinski definition) is 5. The highest BCUT2D eigenvalue weighted by Crippen LogP contribution is 2.25. The fourth-order valence-corrected chi connectivity index (χ4v) is 2.70. The number of benzene rings is 1. The summed E-state index contributed by atoms with van der Waals surface area (Å²) in [6.07, 6.45) is 1.56. The van der Waals surface area contributed by atoms with Crippen molar-refractivity contribution in [1.29, 1.82) is 0 Å². The molecule has 0 radical (unpaired) electrons. The van der Waals surface area contributed by atoms with Crippen LogP contribution in [0.3, 0.4) is 0 Å². The van der Waals surface area contributed by atoms with Gasteiger partial charge in [-0.3, -0.25) is 4.79 Å². The Kier molecular flexibility index (Phi) is 3.25. The number of carbonyl (C=O) groups excluding carboxylic acids is 1. The molecule has 0 saturated carbocycles. The van der Waals surface area contributed by atoms with Gasteiger partial charge < -0.3 is 11.1 Å². The van der Waals surface area contributed by atoms with Crippen LogP contribution in [0.2, 0.25) is 5.15 Å². The molecular weight excluding hydrogens is 296 g/mol. The van der Waals surface area contributed by atoms with Crippen LogP contribution in [-0.4, -0.2) is 15.9 Å². The normalized spacial score (nSPS) is 10.7. The number of carbonyl (C=O) groups is 1. The highest BCUT2D eigenvalue weighted by atomic mass is 35.5. The van der Waals surface area contributed by atoms with Gasteiger partial charge in [0.1, 0.15) is 0 Å². The van der Waals surface area contributed by atoms with E-state index in [-0.39, 0.29) is 11.1 Å². The number of hydrogen-bond donors (Lipinski definition) is 2. The number of nitrogens with zero attached hydrogens (tertiary/aromatic N) is 2. The van der Waals surface area contributed by atoms with Crippen LogP contribution in [0.4, 0.5) is 10.8 Å². The van der Waals surface area contributed by atoms with Gasteiger partial charge in [0.2, 0.25) is 0 Å². The number of amides is 1. The van der Waals surface area contributed by atoms with E-state index in [0.717, 1.165) is 10.2 Å². The van der Waals surface area contributed by atoms with Crippen molar-refractivity contribution in [2.75, 3.05) is 11.1 Å². The first-order valence-corrected chi connectivity index (χ1v) is 6.91. The molecule has 20 heavy (non-hydrogen) atoms. The van der Waals surface area contributed by atoms with Crippen LogP contribution in [0.25, 0.3) is 10.2 Å². The monoisotopic (exact) mass is 304 g/mol. The van der Waals surface area contributed by atoms with Gasteiger partial charge >= 0.3 is 0 Å². The Balaban J connectivity index is 1.90. The van der Waals surface area contributed by atoms with E-state index in [4.69, 9.17) is 17.3 Å². The standard InChI is InChI=1S/C13H9ClN4OS/c14-11-9(2-1-5-16-11)17-12(19)7-3-4-8-10(6-7)20-13(15)18-8/h1-6H,(H2,15,18)(H,17,19). The van der Waals surface area contributed by atoms with Gasteiger partial charge in [-0.15, -0.1) is 0 Å². The molecule has 0 aliphatic heterocycles. The molecule has 0 aliphatic rings. The second-order valence-electron chi connectivity index (χ2n) is 4.03. The van der Waals surface area contributed by atoms with Gasteiger partial charge in [-0.25, -0.2) is 9.97 Å². The average Bonchev–Trinajstić information content (AvgIpc) is 2.80. The number of anilines is 2. The summed E-state index contributed by atoms with van der Waals surface area (Å²) in [6, 6.07) is 8.61. The number of aromatic nitrogens is 2. The summed E-state index contributed by atoms with van der Waals surface area (Å²) in [5, 5.41) is 3.45. The molecule has 2 heterocycles.